The number of urea groups is 1. The summed E-state index contributed by atoms with van der Waals surface area (Å²) in [6.45, 7) is 4.54. The van der Waals surface area contributed by atoms with Crippen LogP contribution in [0.25, 0.3) is 0 Å². The molecular weight excluding hydrogens is 254 g/mol. The van der Waals surface area contributed by atoms with Crippen LogP contribution in [0.3, 0.4) is 0 Å². The van der Waals surface area contributed by atoms with Gasteiger partial charge in [0.2, 0.25) is 0 Å². The second-order valence-electron chi connectivity index (χ2n) is 4.75. The minimum atomic E-state index is -0.198. The average Bonchev–Trinajstić information content (AvgIpc) is 2.92. The number of amides is 2. The predicted molar refractivity (Wildman–Crippen MR) is 76.0 cm³/mol. The molecule has 0 radical (unpaired) electrons. The molecule has 0 aliphatic rings. The molecule has 2 amide bonds. The number of hydrogen-bond acceptors (Lipinski definition) is 3. The lowest BCUT2D eigenvalue weighted by Crippen LogP contribution is -2.43. The summed E-state index contributed by atoms with van der Waals surface area (Å²) >= 11 is 0. The fourth-order valence-corrected chi connectivity index (χ4v) is 1.92. The summed E-state index contributed by atoms with van der Waals surface area (Å²) in [6.07, 6.45) is 7.03. The van der Waals surface area contributed by atoms with Crippen LogP contribution in [-0.2, 0) is 6.54 Å². The van der Waals surface area contributed by atoms with E-state index in [1.54, 1.807) is 18.7 Å². The fraction of sp³-hybridized carbons (Fsp3) is 0.357. The number of nitrogens with zero attached hydrogens (tertiary/aromatic N) is 3. The lowest BCUT2D eigenvalue weighted by molar-refractivity contribution is 0.233. The van der Waals surface area contributed by atoms with Crippen molar-refractivity contribution in [2.45, 2.75) is 32.5 Å². The molecule has 0 aliphatic heterocycles. The standard InChI is InChI=1S/C14H19N5O/c1-11(9-19-8-7-15-10-19)17-14(20)18-12(2)13-5-3-4-6-16-13/h3-8,10-12H,9H2,1-2H3,(H2,17,18,20)/t11-,12+/m0/s1. The zero-order chi connectivity index (χ0) is 14.4. The zero-order valence-electron chi connectivity index (χ0n) is 11.7. The molecule has 2 atom stereocenters. The third-order valence-electron chi connectivity index (χ3n) is 2.90. The summed E-state index contributed by atoms with van der Waals surface area (Å²) in [4.78, 5) is 20.1. The van der Waals surface area contributed by atoms with E-state index < -0.39 is 0 Å². The minimum Gasteiger partial charge on any atom is -0.335 e. The van der Waals surface area contributed by atoms with Gasteiger partial charge in [0.05, 0.1) is 18.1 Å². The van der Waals surface area contributed by atoms with Crippen molar-refractivity contribution in [2.24, 2.45) is 0 Å². The zero-order valence-corrected chi connectivity index (χ0v) is 11.7. The third kappa shape index (κ3) is 4.08. The van der Waals surface area contributed by atoms with Crippen LogP contribution in [0.5, 0.6) is 0 Å². The van der Waals surface area contributed by atoms with Crippen LogP contribution in [-0.4, -0.2) is 26.6 Å². The molecule has 2 aromatic heterocycles. The normalized spacial score (nSPS) is 13.5. The molecule has 106 valence electrons. The molecule has 0 spiro atoms. The molecule has 6 nitrogen and oxygen atoms in total. The van der Waals surface area contributed by atoms with E-state index in [1.807, 2.05) is 42.8 Å². The van der Waals surface area contributed by atoms with Gasteiger partial charge >= 0.3 is 6.03 Å². The third-order valence-corrected chi connectivity index (χ3v) is 2.90. The van der Waals surface area contributed by atoms with Gasteiger partial charge in [0.25, 0.3) is 0 Å². The molecule has 0 aromatic carbocycles. The van der Waals surface area contributed by atoms with E-state index in [0.29, 0.717) is 6.54 Å². The highest BCUT2D eigenvalue weighted by molar-refractivity contribution is 5.74. The van der Waals surface area contributed by atoms with E-state index in [0.717, 1.165) is 5.69 Å². The number of aromatic nitrogens is 3. The van der Waals surface area contributed by atoms with Gasteiger partial charge in [-0.05, 0) is 26.0 Å². The van der Waals surface area contributed by atoms with Crippen molar-refractivity contribution in [2.75, 3.05) is 0 Å². The van der Waals surface area contributed by atoms with Crippen LogP contribution in [0.15, 0.2) is 43.1 Å². The van der Waals surface area contributed by atoms with Gasteiger partial charge in [0, 0.05) is 31.2 Å². The summed E-state index contributed by atoms with van der Waals surface area (Å²) < 4.78 is 1.92. The lowest BCUT2D eigenvalue weighted by atomic mass is 10.2. The Labute approximate surface area is 118 Å². The molecule has 0 aliphatic carbocycles. The van der Waals surface area contributed by atoms with Gasteiger partial charge in [-0.1, -0.05) is 6.07 Å². The molecule has 2 N–H and O–H groups in total. The van der Waals surface area contributed by atoms with Gasteiger partial charge in [-0.15, -0.1) is 0 Å². The molecule has 0 unspecified atom stereocenters. The van der Waals surface area contributed by atoms with Crippen molar-refractivity contribution in [3.8, 4) is 0 Å². The van der Waals surface area contributed by atoms with Gasteiger partial charge in [-0.25, -0.2) is 9.78 Å². The van der Waals surface area contributed by atoms with Crippen LogP contribution >= 0.6 is 0 Å². The Morgan fingerprint density at radius 3 is 2.80 bits per heavy atom. The molecule has 0 saturated heterocycles. The maximum absolute atomic E-state index is 11.9. The Balaban J connectivity index is 1.80. The van der Waals surface area contributed by atoms with Gasteiger partial charge in [-0.2, -0.15) is 0 Å². The van der Waals surface area contributed by atoms with E-state index >= 15 is 0 Å². The largest absolute Gasteiger partial charge is 0.335 e. The minimum absolute atomic E-state index is 0.0140. The van der Waals surface area contributed by atoms with Gasteiger partial charge < -0.3 is 15.2 Å². The van der Waals surface area contributed by atoms with Crippen LogP contribution in [0.4, 0.5) is 4.79 Å². The molecule has 0 fully saturated rings. The van der Waals surface area contributed by atoms with Crippen LogP contribution in [0.2, 0.25) is 0 Å². The van der Waals surface area contributed by atoms with E-state index in [-0.39, 0.29) is 18.1 Å². The monoisotopic (exact) mass is 273 g/mol. The van der Waals surface area contributed by atoms with Crippen molar-refractivity contribution in [1.82, 2.24) is 25.2 Å². The highest BCUT2D eigenvalue weighted by Gasteiger charge is 2.12. The highest BCUT2D eigenvalue weighted by Crippen LogP contribution is 2.07. The Morgan fingerprint density at radius 2 is 2.15 bits per heavy atom. The van der Waals surface area contributed by atoms with Gasteiger partial charge in [0.1, 0.15) is 0 Å². The average molecular weight is 273 g/mol. The van der Waals surface area contributed by atoms with E-state index in [1.165, 1.54) is 0 Å². The first-order valence-electron chi connectivity index (χ1n) is 6.59. The molecule has 2 heterocycles. The number of pyridine rings is 1. The predicted octanol–water partition coefficient (Wildman–Crippen LogP) is 1.73. The highest BCUT2D eigenvalue weighted by atomic mass is 16.2. The first kappa shape index (κ1) is 14.0. The number of hydrogen-bond donors (Lipinski definition) is 2. The molecule has 2 aromatic rings. The quantitative estimate of drug-likeness (QED) is 0.871. The molecule has 6 heteroatoms. The lowest BCUT2D eigenvalue weighted by Gasteiger charge is -2.18. The van der Waals surface area contributed by atoms with Crippen molar-refractivity contribution >= 4 is 6.03 Å². The van der Waals surface area contributed by atoms with Crippen LogP contribution in [0.1, 0.15) is 25.6 Å². The van der Waals surface area contributed by atoms with Crippen molar-refractivity contribution in [3.05, 3.63) is 48.8 Å². The number of rotatable bonds is 5. The summed E-state index contributed by atoms with van der Waals surface area (Å²) in [5, 5.41) is 5.76. The molecule has 2 rings (SSSR count). The number of nitrogens with one attached hydrogen (secondary N) is 2. The first-order chi connectivity index (χ1) is 9.65. The smallest absolute Gasteiger partial charge is 0.315 e. The molecule has 20 heavy (non-hydrogen) atoms. The Morgan fingerprint density at radius 1 is 1.30 bits per heavy atom. The Bertz CT molecular complexity index is 526. The molecule has 0 bridgehead atoms. The van der Waals surface area contributed by atoms with E-state index in [2.05, 4.69) is 20.6 Å². The van der Waals surface area contributed by atoms with Crippen molar-refractivity contribution < 1.29 is 4.79 Å². The van der Waals surface area contributed by atoms with Gasteiger partial charge in [0.15, 0.2) is 0 Å². The summed E-state index contributed by atoms with van der Waals surface area (Å²) in [7, 11) is 0. The SMILES string of the molecule is C[C@@H](Cn1ccnc1)NC(=O)N[C@H](C)c1ccccn1. The van der Waals surface area contributed by atoms with E-state index in [9.17, 15) is 4.79 Å². The Kier molecular flexibility index (Phi) is 4.70. The molecular formula is C14H19N5O. The summed E-state index contributed by atoms with van der Waals surface area (Å²) in [6, 6.07) is 5.33. The Hall–Kier alpha value is -2.37. The fourth-order valence-electron chi connectivity index (χ4n) is 1.92. The number of imidazole rings is 1. The van der Waals surface area contributed by atoms with Gasteiger partial charge in [-0.3, -0.25) is 4.98 Å². The topological polar surface area (TPSA) is 71.8 Å². The number of carbonyl (C=O) groups is 1. The first-order valence-corrected chi connectivity index (χ1v) is 6.59. The maximum atomic E-state index is 11.9. The van der Waals surface area contributed by atoms with Crippen LogP contribution < -0.4 is 10.6 Å². The summed E-state index contributed by atoms with van der Waals surface area (Å²) in [5.74, 6) is 0. The summed E-state index contributed by atoms with van der Waals surface area (Å²) in [5.41, 5.74) is 0.838. The van der Waals surface area contributed by atoms with Crippen LogP contribution in [0, 0.1) is 0 Å². The second-order valence-corrected chi connectivity index (χ2v) is 4.75. The van der Waals surface area contributed by atoms with Crippen molar-refractivity contribution in [1.29, 1.82) is 0 Å². The second kappa shape index (κ2) is 6.70. The number of carbonyl (C=O) groups excluding carboxylic acids is 1. The van der Waals surface area contributed by atoms with Crippen molar-refractivity contribution in [3.63, 3.8) is 0 Å². The van der Waals surface area contributed by atoms with E-state index in [4.69, 9.17) is 0 Å². The molecule has 0 saturated carbocycles. The maximum Gasteiger partial charge on any atom is 0.315 e.